The standard InChI is InChI=1S/C17H16N4O3/c1-2-24-16(23)15-14-12(8-5-9-13(14)22)21(20-15)17-18-10-6-3-4-7-11(10)19-17/h3-4,6-7H,2,5,8-9H2,1H3,(H,18,19). The minimum Gasteiger partial charge on any atom is -0.461 e. The molecule has 1 aromatic carbocycles. The summed E-state index contributed by atoms with van der Waals surface area (Å²) in [5.41, 5.74) is 2.85. The minimum absolute atomic E-state index is 0.0679. The minimum atomic E-state index is -0.570. The molecule has 122 valence electrons. The third-order valence-corrected chi connectivity index (χ3v) is 4.12. The molecule has 0 radical (unpaired) electrons. The number of aromatic nitrogens is 4. The highest BCUT2D eigenvalue weighted by molar-refractivity contribution is 6.07. The first-order valence-electron chi connectivity index (χ1n) is 7.96. The second-order valence-electron chi connectivity index (χ2n) is 5.66. The average Bonchev–Trinajstić information content (AvgIpc) is 3.17. The molecule has 0 fully saturated rings. The number of rotatable bonds is 3. The number of fused-ring (bicyclic) bond motifs is 2. The Bertz CT molecular complexity index is 921. The van der Waals surface area contributed by atoms with Crippen molar-refractivity contribution in [2.45, 2.75) is 26.2 Å². The SMILES string of the molecule is CCOC(=O)c1nn(-c2nc3ccccc3[nH]2)c2c1C(=O)CCC2. The average molecular weight is 324 g/mol. The highest BCUT2D eigenvalue weighted by Gasteiger charge is 2.32. The molecule has 2 heterocycles. The van der Waals surface area contributed by atoms with Crippen LogP contribution < -0.4 is 0 Å². The Kier molecular flexibility index (Phi) is 3.41. The molecule has 7 heteroatoms. The summed E-state index contributed by atoms with van der Waals surface area (Å²) in [4.78, 5) is 32.2. The third-order valence-electron chi connectivity index (χ3n) is 4.12. The summed E-state index contributed by atoms with van der Waals surface area (Å²) < 4.78 is 6.62. The number of ketones is 1. The Morgan fingerprint density at radius 1 is 1.33 bits per heavy atom. The lowest BCUT2D eigenvalue weighted by molar-refractivity contribution is 0.0515. The first kappa shape index (κ1) is 14.6. The van der Waals surface area contributed by atoms with Gasteiger partial charge in [-0.15, -0.1) is 0 Å². The lowest BCUT2D eigenvalue weighted by Gasteiger charge is -2.11. The zero-order valence-electron chi connectivity index (χ0n) is 13.2. The molecule has 0 amide bonds. The molecule has 1 aliphatic carbocycles. The molecule has 0 atom stereocenters. The maximum atomic E-state index is 12.3. The van der Waals surface area contributed by atoms with Crippen LogP contribution in [0.25, 0.3) is 17.0 Å². The van der Waals surface area contributed by atoms with Gasteiger partial charge >= 0.3 is 5.97 Å². The van der Waals surface area contributed by atoms with Gasteiger partial charge in [-0.3, -0.25) is 4.79 Å². The second-order valence-corrected chi connectivity index (χ2v) is 5.66. The van der Waals surface area contributed by atoms with Gasteiger partial charge < -0.3 is 9.72 Å². The number of aromatic amines is 1. The number of nitrogens with zero attached hydrogens (tertiary/aromatic N) is 3. The largest absolute Gasteiger partial charge is 0.461 e. The van der Waals surface area contributed by atoms with E-state index in [0.717, 1.165) is 17.5 Å². The smallest absolute Gasteiger partial charge is 0.359 e. The number of hydrogen-bond acceptors (Lipinski definition) is 5. The Morgan fingerprint density at radius 2 is 2.17 bits per heavy atom. The van der Waals surface area contributed by atoms with Gasteiger partial charge in [0.25, 0.3) is 0 Å². The van der Waals surface area contributed by atoms with Gasteiger partial charge in [0.1, 0.15) is 0 Å². The summed E-state index contributed by atoms with van der Waals surface area (Å²) in [5.74, 6) is -0.141. The van der Waals surface area contributed by atoms with E-state index in [1.54, 1.807) is 11.6 Å². The van der Waals surface area contributed by atoms with Crippen molar-refractivity contribution in [2.75, 3.05) is 6.61 Å². The predicted octanol–water partition coefficient (Wildman–Crippen LogP) is 2.44. The van der Waals surface area contributed by atoms with Crippen molar-refractivity contribution < 1.29 is 14.3 Å². The van der Waals surface area contributed by atoms with E-state index in [2.05, 4.69) is 15.1 Å². The Morgan fingerprint density at radius 3 is 2.96 bits per heavy atom. The van der Waals surface area contributed by atoms with E-state index in [9.17, 15) is 9.59 Å². The monoisotopic (exact) mass is 324 g/mol. The van der Waals surface area contributed by atoms with Crippen LogP contribution in [0.4, 0.5) is 0 Å². The molecule has 0 unspecified atom stereocenters. The highest BCUT2D eigenvalue weighted by atomic mass is 16.5. The van der Waals surface area contributed by atoms with Crippen molar-refractivity contribution in [3.05, 3.63) is 41.2 Å². The number of esters is 1. The fourth-order valence-corrected chi connectivity index (χ4v) is 3.08. The van der Waals surface area contributed by atoms with Crippen molar-refractivity contribution in [2.24, 2.45) is 0 Å². The Labute approximate surface area is 137 Å². The van der Waals surface area contributed by atoms with E-state index in [4.69, 9.17) is 4.74 Å². The number of benzene rings is 1. The Hall–Kier alpha value is -2.96. The van der Waals surface area contributed by atoms with Crippen molar-refractivity contribution in [1.82, 2.24) is 19.7 Å². The summed E-state index contributed by atoms with van der Waals surface area (Å²) in [6, 6.07) is 7.62. The molecule has 1 N–H and O–H groups in total. The molecule has 0 aliphatic heterocycles. The van der Waals surface area contributed by atoms with Crippen LogP contribution >= 0.6 is 0 Å². The maximum absolute atomic E-state index is 12.3. The fourth-order valence-electron chi connectivity index (χ4n) is 3.08. The molecule has 4 rings (SSSR count). The maximum Gasteiger partial charge on any atom is 0.359 e. The lowest BCUT2D eigenvalue weighted by atomic mass is 9.94. The van der Waals surface area contributed by atoms with Crippen LogP contribution in [-0.2, 0) is 11.2 Å². The van der Waals surface area contributed by atoms with Crippen molar-refractivity contribution in [3.8, 4) is 5.95 Å². The van der Waals surface area contributed by atoms with Gasteiger partial charge in [-0.1, -0.05) is 12.1 Å². The number of ether oxygens (including phenoxy) is 1. The summed E-state index contributed by atoms with van der Waals surface area (Å²) in [7, 11) is 0. The van der Waals surface area contributed by atoms with Crippen molar-refractivity contribution in [3.63, 3.8) is 0 Å². The molecule has 3 aromatic rings. The van der Waals surface area contributed by atoms with Crippen LogP contribution in [0.15, 0.2) is 24.3 Å². The Balaban J connectivity index is 1.90. The van der Waals surface area contributed by atoms with E-state index < -0.39 is 5.97 Å². The van der Waals surface area contributed by atoms with Gasteiger partial charge in [0.15, 0.2) is 11.5 Å². The summed E-state index contributed by atoms with van der Waals surface area (Å²) in [6.07, 6.45) is 1.83. The number of para-hydroxylation sites is 2. The topological polar surface area (TPSA) is 89.9 Å². The van der Waals surface area contributed by atoms with E-state index in [1.807, 2.05) is 24.3 Å². The molecule has 0 saturated heterocycles. The molecule has 0 spiro atoms. The summed E-state index contributed by atoms with van der Waals surface area (Å²) in [6.45, 7) is 1.96. The quantitative estimate of drug-likeness (QED) is 0.747. The molecular weight excluding hydrogens is 308 g/mol. The van der Waals surface area contributed by atoms with Crippen molar-refractivity contribution in [1.29, 1.82) is 0 Å². The van der Waals surface area contributed by atoms with Crippen LogP contribution in [0.5, 0.6) is 0 Å². The number of nitrogens with one attached hydrogen (secondary N) is 1. The number of imidazole rings is 1. The van der Waals surface area contributed by atoms with Gasteiger partial charge in [0.2, 0.25) is 5.95 Å². The summed E-state index contributed by atoms with van der Waals surface area (Å²) >= 11 is 0. The van der Waals surface area contributed by atoms with E-state index in [-0.39, 0.29) is 18.1 Å². The fraction of sp³-hybridized carbons (Fsp3) is 0.294. The zero-order chi connectivity index (χ0) is 16.7. The molecule has 0 bridgehead atoms. The van der Waals surface area contributed by atoms with Crippen LogP contribution in [0, 0.1) is 0 Å². The number of hydrogen-bond donors (Lipinski definition) is 1. The molecule has 24 heavy (non-hydrogen) atoms. The molecule has 2 aromatic heterocycles. The molecule has 7 nitrogen and oxygen atoms in total. The number of carbonyl (C=O) groups excluding carboxylic acids is 2. The van der Waals surface area contributed by atoms with Gasteiger partial charge in [0.05, 0.1) is 28.9 Å². The predicted molar refractivity (Wildman–Crippen MR) is 86.4 cm³/mol. The van der Waals surface area contributed by atoms with Gasteiger partial charge in [0, 0.05) is 6.42 Å². The normalized spacial score (nSPS) is 14.0. The van der Waals surface area contributed by atoms with Crippen LogP contribution in [0.1, 0.15) is 46.3 Å². The van der Waals surface area contributed by atoms with Crippen LogP contribution in [0.2, 0.25) is 0 Å². The number of carbonyl (C=O) groups is 2. The van der Waals surface area contributed by atoms with E-state index in [1.165, 1.54) is 0 Å². The van der Waals surface area contributed by atoms with Gasteiger partial charge in [-0.25, -0.2) is 14.5 Å². The second kappa shape index (κ2) is 5.59. The number of Topliss-reactive ketones (excluding diaryl/α,β-unsaturated/α-hetero) is 1. The van der Waals surface area contributed by atoms with E-state index >= 15 is 0 Å². The summed E-state index contributed by atoms with van der Waals surface area (Å²) in [5, 5.41) is 4.35. The zero-order valence-corrected chi connectivity index (χ0v) is 13.2. The molecular formula is C17H16N4O3. The third kappa shape index (κ3) is 2.20. The lowest BCUT2D eigenvalue weighted by Crippen LogP contribution is -2.16. The van der Waals surface area contributed by atoms with E-state index in [0.29, 0.717) is 30.0 Å². The van der Waals surface area contributed by atoms with Gasteiger partial charge in [-0.2, -0.15) is 5.10 Å². The molecule has 1 aliphatic rings. The van der Waals surface area contributed by atoms with Crippen molar-refractivity contribution >= 4 is 22.8 Å². The van der Waals surface area contributed by atoms with Crippen LogP contribution in [0.3, 0.4) is 0 Å². The van der Waals surface area contributed by atoms with Gasteiger partial charge in [-0.05, 0) is 31.9 Å². The number of H-pyrrole nitrogens is 1. The molecule has 0 saturated carbocycles. The highest BCUT2D eigenvalue weighted by Crippen LogP contribution is 2.27. The first-order valence-corrected chi connectivity index (χ1v) is 7.96. The van der Waals surface area contributed by atoms with Crippen LogP contribution in [-0.4, -0.2) is 38.1 Å². The first-order chi connectivity index (χ1) is 11.7.